The summed E-state index contributed by atoms with van der Waals surface area (Å²) in [5.41, 5.74) is 4.12. The predicted octanol–water partition coefficient (Wildman–Crippen LogP) is 3.99. The summed E-state index contributed by atoms with van der Waals surface area (Å²) in [7, 11) is 1.63. The number of hydrogen-bond acceptors (Lipinski definition) is 3. The van der Waals surface area contributed by atoms with E-state index in [9.17, 15) is 9.90 Å². The van der Waals surface area contributed by atoms with E-state index in [-0.39, 0.29) is 11.3 Å². The van der Waals surface area contributed by atoms with E-state index in [4.69, 9.17) is 4.74 Å². The maximum Gasteiger partial charge on any atom is 0.252 e. The van der Waals surface area contributed by atoms with Crippen molar-refractivity contribution in [2.45, 2.75) is 13.3 Å². The second-order valence-corrected chi connectivity index (χ2v) is 5.53. The van der Waals surface area contributed by atoms with E-state index in [0.29, 0.717) is 6.42 Å². The maximum atomic E-state index is 12.5. The lowest BCUT2D eigenvalue weighted by atomic mass is 9.97. The number of phenols is 1. The van der Waals surface area contributed by atoms with Gasteiger partial charge in [0.1, 0.15) is 11.5 Å². The zero-order valence-corrected chi connectivity index (χ0v) is 13.7. The molecule has 0 radical (unpaired) electrons. The highest BCUT2D eigenvalue weighted by Crippen LogP contribution is 2.28. The minimum Gasteiger partial charge on any atom is -0.508 e. The molecular formula is C20H19NO3. The van der Waals surface area contributed by atoms with Gasteiger partial charge in [0.25, 0.3) is 5.56 Å². The van der Waals surface area contributed by atoms with Crippen molar-refractivity contribution in [3.8, 4) is 33.9 Å². The van der Waals surface area contributed by atoms with E-state index in [1.54, 1.807) is 31.4 Å². The summed E-state index contributed by atoms with van der Waals surface area (Å²) in [6.45, 7) is 1.97. The molecule has 0 aliphatic carbocycles. The molecule has 0 amide bonds. The van der Waals surface area contributed by atoms with Crippen LogP contribution in [0.4, 0.5) is 0 Å². The van der Waals surface area contributed by atoms with Gasteiger partial charge in [-0.15, -0.1) is 0 Å². The number of benzene rings is 2. The Kier molecular flexibility index (Phi) is 4.38. The predicted molar refractivity (Wildman–Crippen MR) is 95.5 cm³/mol. The molecule has 1 aromatic heterocycles. The van der Waals surface area contributed by atoms with E-state index in [1.165, 1.54) is 0 Å². The second-order valence-electron chi connectivity index (χ2n) is 5.53. The van der Waals surface area contributed by atoms with Gasteiger partial charge in [0.05, 0.1) is 7.11 Å². The van der Waals surface area contributed by atoms with Crippen molar-refractivity contribution in [2.75, 3.05) is 7.11 Å². The molecule has 4 nitrogen and oxygen atoms in total. The quantitative estimate of drug-likeness (QED) is 0.764. The van der Waals surface area contributed by atoms with Crippen LogP contribution < -0.4 is 10.3 Å². The number of pyridine rings is 1. The van der Waals surface area contributed by atoms with Crippen LogP contribution in [0, 0.1) is 0 Å². The van der Waals surface area contributed by atoms with Crippen LogP contribution in [0.1, 0.15) is 12.5 Å². The first-order chi connectivity index (χ1) is 11.6. The third-order valence-corrected chi connectivity index (χ3v) is 4.07. The molecule has 0 aliphatic heterocycles. The summed E-state index contributed by atoms with van der Waals surface area (Å²) in [6, 6.07) is 16.4. The van der Waals surface area contributed by atoms with E-state index < -0.39 is 0 Å². The number of H-pyrrole nitrogens is 1. The molecule has 3 rings (SSSR count). The van der Waals surface area contributed by atoms with Gasteiger partial charge in [-0.05, 0) is 65.6 Å². The Labute approximate surface area is 140 Å². The highest BCUT2D eigenvalue weighted by atomic mass is 16.5. The monoisotopic (exact) mass is 321 g/mol. The molecule has 0 fully saturated rings. The Hall–Kier alpha value is -3.01. The Morgan fingerprint density at radius 3 is 2.21 bits per heavy atom. The average molecular weight is 321 g/mol. The van der Waals surface area contributed by atoms with Gasteiger partial charge < -0.3 is 14.8 Å². The van der Waals surface area contributed by atoms with Crippen LogP contribution >= 0.6 is 0 Å². The van der Waals surface area contributed by atoms with Crippen LogP contribution in [-0.2, 0) is 6.42 Å². The molecule has 4 heteroatoms. The van der Waals surface area contributed by atoms with E-state index in [0.717, 1.165) is 33.7 Å². The summed E-state index contributed by atoms with van der Waals surface area (Å²) in [4.78, 5) is 15.4. The summed E-state index contributed by atoms with van der Waals surface area (Å²) in [6.07, 6.45) is 0.645. The smallest absolute Gasteiger partial charge is 0.252 e. The minimum atomic E-state index is -0.0890. The highest BCUT2D eigenvalue weighted by Gasteiger charge is 2.11. The minimum absolute atomic E-state index is 0.0890. The van der Waals surface area contributed by atoms with Gasteiger partial charge in [0.2, 0.25) is 0 Å². The number of hydrogen-bond donors (Lipinski definition) is 2. The largest absolute Gasteiger partial charge is 0.508 e. The van der Waals surface area contributed by atoms with Crippen molar-refractivity contribution >= 4 is 0 Å². The van der Waals surface area contributed by atoms with Gasteiger partial charge in [-0.2, -0.15) is 0 Å². The fraction of sp³-hybridized carbons (Fsp3) is 0.150. The van der Waals surface area contributed by atoms with Crippen LogP contribution in [0.15, 0.2) is 59.4 Å². The number of aromatic nitrogens is 1. The van der Waals surface area contributed by atoms with Crippen molar-refractivity contribution in [3.63, 3.8) is 0 Å². The standard InChI is InChI=1S/C20H19NO3/c1-3-17-18(13-6-10-16(24-2)11-7-13)12-19(21-20(17)23)14-4-8-15(22)9-5-14/h4-12,22H,3H2,1-2H3,(H,21,23). The third kappa shape index (κ3) is 3.04. The van der Waals surface area contributed by atoms with Crippen molar-refractivity contribution in [1.82, 2.24) is 4.98 Å². The third-order valence-electron chi connectivity index (χ3n) is 4.07. The zero-order chi connectivity index (χ0) is 17.1. The van der Waals surface area contributed by atoms with Crippen molar-refractivity contribution in [3.05, 3.63) is 70.5 Å². The molecule has 0 saturated heterocycles. The lowest BCUT2D eigenvalue weighted by molar-refractivity contribution is 0.415. The number of rotatable bonds is 4. The number of aromatic hydroxyl groups is 1. The number of ether oxygens (including phenoxy) is 1. The molecule has 0 saturated carbocycles. The Bertz CT molecular complexity index is 894. The van der Waals surface area contributed by atoms with Gasteiger partial charge in [-0.3, -0.25) is 4.79 Å². The molecule has 24 heavy (non-hydrogen) atoms. The maximum absolute atomic E-state index is 12.5. The highest BCUT2D eigenvalue weighted by molar-refractivity contribution is 5.73. The van der Waals surface area contributed by atoms with Crippen LogP contribution in [0.3, 0.4) is 0 Å². The SMILES string of the molecule is CCc1c(-c2ccc(OC)cc2)cc(-c2ccc(O)cc2)[nH]c1=O. The number of nitrogens with one attached hydrogen (secondary N) is 1. The van der Waals surface area contributed by atoms with E-state index in [1.807, 2.05) is 37.3 Å². The molecule has 0 spiro atoms. The summed E-state index contributed by atoms with van der Waals surface area (Å²) in [5.74, 6) is 0.974. The molecule has 0 unspecified atom stereocenters. The molecule has 0 bridgehead atoms. The second kappa shape index (κ2) is 6.62. The van der Waals surface area contributed by atoms with Crippen molar-refractivity contribution in [1.29, 1.82) is 0 Å². The van der Waals surface area contributed by atoms with Crippen LogP contribution in [-0.4, -0.2) is 17.2 Å². The van der Waals surface area contributed by atoms with E-state index in [2.05, 4.69) is 4.98 Å². The average Bonchev–Trinajstić information content (AvgIpc) is 2.61. The van der Waals surface area contributed by atoms with E-state index >= 15 is 0 Å². The molecule has 122 valence electrons. The number of methoxy groups -OCH3 is 1. The molecule has 1 heterocycles. The Morgan fingerprint density at radius 2 is 1.62 bits per heavy atom. The van der Waals surface area contributed by atoms with Crippen molar-refractivity contribution < 1.29 is 9.84 Å². The Balaban J connectivity index is 2.16. The fourth-order valence-corrected chi connectivity index (χ4v) is 2.76. The topological polar surface area (TPSA) is 62.3 Å². The Morgan fingerprint density at radius 1 is 1.00 bits per heavy atom. The van der Waals surface area contributed by atoms with Gasteiger partial charge >= 0.3 is 0 Å². The molecule has 3 aromatic rings. The molecule has 2 aromatic carbocycles. The first-order valence-electron chi connectivity index (χ1n) is 7.82. The number of phenolic OH excluding ortho intramolecular Hbond substituents is 1. The fourth-order valence-electron chi connectivity index (χ4n) is 2.76. The molecule has 0 aliphatic rings. The first-order valence-corrected chi connectivity index (χ1v) is 7.82. The van der Waals surface area contributed by atoms with Gasteiger partial charge in [0, 0.05) is 11.3 Å². The molecule has 0 atom stereocenters. The van der Waals surface area contributed by atoms with Crippen molar-refractivity contribution in [2.24, 2.45) is 0 Å². The number of aromatic amines is 1. The first kappa shape index (κ1) is 15.9. The lowest BCUT2D eigenvalue weighted by Crippen LogP contribution is -2.14. The summed E-state index contributed by atoms with van der Waals surface area (Å²) >= 11 is 0. The van der Waals surface area contributed by atoms with Gasteiger partial charge in [-0.1, -0.05) is 19.1 Å². The summed E-state index contributed by atoms with van der Waals surface area (Å²) in [5, 5.41) is 9.44. The van der Waals surface area contributed by atoms with Gasteiger partial charge in [0.15, 0.2) is 0 Å². The lowest BCUT2D eigenvalue weighted by Gasteiger charge is -2.11. The van der Waals surface area contributed by atoms with Crippen LogP contribution in [0.5, 0.6) is 11.5 Å². The molecular weight excluding hydrogens is 302 g/mol. The zero-order valence-electron chi connectivity index (χ0n) is 13.7. The molecule has 2 N–H and O–H groups in total. The normalized spacial score (nSPS) is 10.6. The van der Waals surface area contributed by atoms with Crippen LogP contribution in [0.2, 0.25) is 0 Å². The summed E-state index contributed by atoms with van der Waals surface area (Å²) < 4.78 is 5.20. The van der Waals surface area contributed by atoms with Gasteiger partial charge in [-0.25, -0.2) is 0 Å². The van der Waals surface area contributed by atoms with Crippen LogP contribution in [0.25, 0.3) is 22.4 Å².